The number of carbonyl (C=O) groups is 3. The number of anilines is 1. The number of hydrogen-bond acceptors (Lipinski definition) is 6. The summed E-state index contributed by atoms with van der Waals surface area (Å²) in [5.74, 6) is -1.47. The van der Waals surface area contributed by atoms with E-state index in [2.05, 4.69) is 10.6 Å². The number of nitrogens with zero attached hydrogens (tertiary/aromatic N) is 1. The number of carbonyl (C=O) groups excluding carboxylic acids is 3. The summed E-state index contributed by atoms with van der Waals surface area (Å²) in [5, 5.41) is 5.28. The number of halogens is 2. The van der Waals surface area contributed by atoms with Crippen LogP contribution in [0.4, 0.5) is 14.5 Å². The minimum absolute atomic E-state index is 0.0483. The Hall–Kier alpha value is -3.33. The summed E-state index contributed by atoms with van der Waals surface area (Å²) in [6.07, 6.45) is 1.10. The Morgan fingerprint density at radius 1 is 1.26 bits per heavy atom. The number of methoxy groups -OCH3 is 1. The van der Waals surface area contributed by atoms with Gasteiger partial charge in [0.25, 0.3) is 0 Å². The first-order valence-electron chi connectivity index (χ1n) is 9.70. The van der Waals surface area contributed by atoms with Crippen LogP contribution in [0.15, 0.2) is 30.3 Å². The summed E-state index contributed by atoms with van der Waals surface area (Å²) >= 11 is 0. The van der Waals surface area contributed by atoms with E-state index in [1.165, 1.54) is 19.2 Å². The summed E-state index contributed by atoms with van der Waals surface area (Å²) in [6.45, 7) is 0.195. The van der Waals surface area contributed by atoms with Gasteiger partial charge in [0.1, 0.15) is 17.4 Å². The van der Waals surface area contributed by atoms with Crippen LogP contribution in [0.25, 0.3) is 0 Å². The van der Waals surface area contributed by atoms with Gasteiger partial charge in [0.15, 0.2) is 6.29 Å². The summed E-state index contributed by atoms with van der Waals surface area (Å²) < 4.78 is 33.3. The van der Waals surface area contributed by atoms with E-state index in [9.17, 15) is 23.2 Å². The van der Waals surface area contributed by atoms with Gasteiger partial charge < -0.3 is 10.1 Å². The fourth-order valence-electron chi connectivity index (χ4n) is 3.55. The number of ether oxygens (including phenoxy) is 1. The molecule has 1 fully saturated rings. The van der Waals surface area contributed by atoms with Gasteiger partial charge in [0.05, 0.1) is 13.2 Å². The number of nitrogens with one attached hydrogen (secondary N) is 2. The maximum atomic E-state index is 14.3. The van der Waals surface area contributed by atoms with Crippen LogP contribution in [0, 0.1) is 11.6 Å². The minimum Gasteiger partial charge on any atom is -0.497 e. The van der Waals surface area contributed by atoms with Crippen LogP contribution in [0.3, 0.4) is 0 Å². The minimum atomic E-state index is -0.618. The molecule has 1 aliphatic rings. The molecule has 1 aliphatic heterocycles. The van der Waals surface area contributed by atoms with E-state index >= 15 is 0 Å². The zero-order chi connectivity index (χ0) is 22.5. The first-order valence-corrected chi connectivity index (χ1v) is 9.70. The highest BCUT2D eigenvalue weighted by molar-refractivity contribution is 6.00. The number of aldehydes is 1. The monoisotopic (exact) mass is 431 g/mol. The van der Waals surface area contributed by atoms with Gasteiger partial charge in [-0.15, -0.1) is 0 Å². The number of amides is 2. The van der Waals surface area contributed by atoms with Crippen LogP contribution in [0.1, 0.15) is 34.3 Å². The first kappa shape index (κ1) is 22.4. The van der Waals surface area contributed by atoms with Gasteiger partial charge in [-0.25, -0.2) is 8.78 Å². The maximum Gasteiger partial charge on any atom is 0.243 e. The lowest BCUT2D eigenvalue weighted by molar-refractivity contribution is -0.137. The van der Waals surface area contributed by atoms with Gasteiger partial charge in [0, 0.05) is 42.4 Å². The predicted molar refractivity (Wildman–Crippen MR) is 110 cm³/mol. The van der Waals surface area contributed by atoms with Crippen LogP contribution in [-0.4, -0.2) is 43.2 Å². The van der Waals surface area contributed by atoms with Crippen molar-refractivity contribution in [3.8, 4) is 5.75 Å². The fourth-order valence-corrected chi connectivity index (χ4v) is 3.55. The van der Waals surface area contributed by atoms with Gasteiger partial charge in [-0.3, -0.25) is 24.6 Å². The number of benzene rings is 2. The Kier molecular flexibility index (Phi) is 6.96. The van der Waals surface area contributed by atoms with Crippen LogP contribution < -0.4 is 15.4 Å². The van der Waals surface area contributed by atoms with E-state index in [0.717, 1.165) is 6.07 Å². The maximum absolute atomic E-state index is 14.3. The van der Waals surface area contributed by atoms with Crippen molar-refractivity contribution in [1.82, 2.24) is 10.2 Å². The molecule has 3 rings (SSSR count). The Bertz CT molecular complexity index is 1010. The van der Waals surface area contributed by atoms with Crippen molar-refractivity contribution in [1.29, 1.82) is 0 Å². The molecule has 2 N–H and O–H groups in total. The number of piperidine rings is 1. The fraction of sp³-hybridized carbons (Fsp3) is 0.318. The Labute approximate surface area is 178 Å². The quantitative estimate of drug-likeness (QED) is 0.494. The second-order valence-corrected chi connectivity index (χ2v) is 7.33. The summed E-state index contributed by atoms with van der Waals surface area (Å²) in [4.78, 5) is 36.8. The zero-order valence-electron chi connectivity index (χ0n) is 17.2. The van der Waals surface area contributed by atoms with Gasteiger partial charge >= 0.3 is 0 Å². The largest absolute Gasteiger partial charge is 0.497 e. The van der Waals surface area contributed by atoms with Crippen LogP contribution in [-0.2, 0) is 22.7 Å². The predicted octanol–water partition coefficient (Wildman–Crippen LogP) is 2.64. The standard InChI is InChI=1S/C22H23F2N3O4/c1-27(20-5-6-21(29)26-22(20)30)11-17-14(12-28)7-15(23)8-19(17)25-10-13-3-4-16(31-2)9-18(13)24/h3-4,7-9,12,20,25H,5-6,10-11H2,1-2H3,(H,26,29,30). The highest BCUT2D eigenvalue weighted by atomic mass is 19.1. The smallest absolute Gasteiger partial charge is 0.243 e. The number of hydrogen-bond donors (Lipinski definition) is 2. The molecule has 164 valence electrons. The van der Waals surface area contributed by atoms with Crippen LogP contribution in [0.2, 0.25) is 0 Å². The molecule has 1 atom stereocenters. The lowest BCUT2D eigenvalue weighted by Crippen LogP contribution is -2.51. The molecule has 1 unspecified atom stereocenters. The van der Waals surface area contributed by atoms with E-state index in [1.807, 2.05) is 0 Å². The van der Waals surface area contributed by atoms with E-state index in [-0.39, 0.29) is 31.0 Å². The Morgan fingerprint density at radius 2 is 2.03 bits per heavy atom. The van der Waals surface area contributed by atoms with Crippen molar-refractivity contribution in [3.63, 3.8) is 0 Å². The summed E-state index contributed by atoms with van der Waals surface area (Å²) in [5.41, 5.74) is 1.24. The third-order valence-corrected chi connectivity index (χ3v) is 5.26. The molecule has 1 heterocycles. The van der Waals surface area contributed by atoms with Crippen molar-refractivity contribution >= 4 is 23.8 Å². The SMILES string of the molecule is COc1ccc(CNc2cc(F)cc(C=O)c2CN(C)C2CCC(=O)NC2=O)c(F)c1. The van der Waals surface area contributed by atoms with Crippen molar-refractivity contribution in [2.75, 3.05) is 19.5 Å². The number of likely N-dealkylation sites (N-methyl/N-ethyl adjacent to an activating group) is 1. The molecule has 9 heteroatoms. The molecule has 7 nitrogen and oxygen atoms in total. The molecular weight excluding hydrogens is 408 g/mol. The normalized spacial score (nSPS) is 16.2. The lowest BCUT2D eigenvalue weighted by Gasteiger charge is -2.30. The summed E-state index contributed by atoms with van der Waals surface area (Å²) in [7, 11) is 3.12. The molecule has 0 bridgehead atoms. The molecule has 0 aromatic heterocycles. The third-order valence-electron chi connectivity index (χ3n) is 5.26. The molecule has 0 saturated carbocycles. The second-order valence-electron chi connectivity index (χ2n) is 7.33. The summed E-state index contributed by atoms with van der Waals surface area (Å²) in [6, 6.07) is 6.18. The average molecular weight is 431 g/mol. The average Bonchev–Trinajstić information content (AvgIpc) is 2.73. The number of rotatable bonds is 8. The lowest BCUT2D eigenvalue weighted by atomic mass is 10.0. The molecule has 0 aliphatic carbocycles. The van der Waals surface area contributed by atoms with Crippen LogP contribution >= 0.6 is 0 Å². The first-order chi connectivity index (χ1) is 14.8. The van der Waals surface area contributed by atoms with Gasteiger partial charge in [0.2, 0.25) is 11.8 Å². The Morgan fingerprint density at radius 3 is 2.68 bits per heavy atom. The van der Waals surface area contributed by atoms with Crippen molar-refractivity contribution in [3.05, 3.63) is 58.7 Å². The highest BCUT2D eigenvalue weighted by Gasteiger charge is 2.30. The molecule has 2 aromatic carbocycles. The van der Waals surface area contributed by atoms with Crippen molar-refractivity contribution in [2.45, 2.75) is 32.0 Å². The molecule has 2 amide bonds. The number of imide groups is 1. The molecule has 1 saturated heterocycles. The molecule has 0 spiro atoms. The zero-order valence-corrected chi connectivity index (χ0v) is 17.2. The second kappa shape index (κ2) is 9.65. The van der Waals surface area contributed by atoms with Gasteiger partial charge in [-0.05, 0) is 37.2 Å². The highest BCUT2D eigenvalue weighted by Crippen LogP contribution is 2.26. The van der Waals surface area contributed by atoms with E-state index in [4.69, 9.17) is 4.74 Å². The van der Waals surface area contributed by atoms with Crippen molar-refractivity contribution in [2.24, 2.45) is 0 Å². The Balaban J connectivity index is 1.83. The van der Waals surface area contributed by atoms with E-state index in [0.29, 0.717) is 35.3 Å². The molecule has 31 heavy (non-hydrogen) atoms. The van der Waals surface area contributed by atoms with Crippen molar-refractivity contribution < 1.29 is 27.9 Å². The topological polar surface area (TPSA) is 87.7 Å². The van der Waals surface area contributed by atoms with Crippen LogP contribution in [0.5, 0.6) is 5.75 Å². The van der Waals surface area contributed by atoms with Gasteiger partial charge in [-0.1, -0.05) is 6.07 Å². The molecule has 0 radical (unpaired) electrons. The molecule has 2 aromatic rings. The third kappa shape index (κ3) is 5.24. The van der Waals surface area contributed by atoms with E-state index in [1.54, 1.807) is 24.1 Å². The van der Waals surface area contributed by atoms with Gasteiger partial charge in [-0.2, -0.15) is 0 Å². The molecular formula is C22H23F2N3O4. The van der Waals surface area contributed by atoms with E-state index < -0.39 is 23.6 Å².